The van der Waals surface area contributed by atoms with Gasteiger partial charge in [0.05, 0.1) is 83.9 Å². The Hall–Kier alpha value is -4.59. The lowest BCUT2D eigenvalue weighted by molar-refractivity contribution is -0.124. The molecule has 3 aromatic heterocycles. The minimum atomic E-state index is -0.133. The van der Waals surface area contributed by atoms with E-state index in [1.165, 1.54) is 0 Å². The molecule has 18 nitrogen and oxygen atoms in total. The highest BCUT2D eigenvalue weighted by atomic mass is 16.6. The lowest BCUT2D eigenvalue weighted by Gasteiger charge is -2.28. The van der Waals surface area contributed by atoms with Crippen molar-refractivity contribution in [3.05, 3.63) is 47.4 Å². The molecule has 18 heteroatoms. The number of aromatic nitrogens is 5. The molecule has 0 unspecified atom stereocenters. The number of nitrogens with one attached hydrogen (secondary N) is 3. The van der Waals surface area contributed by atoms with Crippen molar-refractivity contribution >= 4 is 29.4 Å². The van der Waals surface area contributed by atoms with Crippen molar-refractivity contribution in [2.45, 2.75) is 93.0 Å². The van der Waals surface area contributed by atoms with Crippen molar-refractivity contribution in [1.82, 2.24) is 40.7 Å². The van der Waals surface area contributed by atoms with E-state index in [2.05, 4.69) is 60.8 Å². The summed E-state index contributed by atoms with van der Waals surface area (Å²) in [6.45, 7) is 20.9. The summed E-state index contributed by atoms with van der Waals surface area (Å²) in [6.07, 6.45) is 2.23. The number of aryl methyl sites for hydroxylation is 1. The summed E-state index contributed by atoms with van der Waals surface area (Å²) in [5.74, 6) is 1.64. The number of carbonyl (C=O) groups excluding carboxylic acids is 3. The monoisotopic (exact) mass is 853 g/mol. The summed E-state index contributed by atoms with van der Waals surface area (Å²) < 4.78 is 29.5. The van der Waals surface area contributed by atoms with Gasteiger partial charge in [0.15, 0.2) is 5.82 Å². The molecule has 61 heavy (non-hydrogen) atoms. The first-order valence-electron chi connectivity index (χ1n) is 21.4. The van der Waals surface area contributed by atoms with Gasteiger partial charge in [-0.05, 0) is 51.3 Å². The predicted octanol–water partition coefficient (Wildman–Crippen LogP) is 3.38. The van der Waals surface area contributed by atoms with E-state index in [0.717, 1.165) is 11.3 Å². The molecule has 1 aliphatic rings. The second-order valence-corrected chi connectivity index (χ2v) is 16.1. The van der Waals surface area contributed by atoms with Crippen molar-refractivity contribution in [2.75, 3.05) is 96.0 Å². The average molecular weight is 853 g/mol. The van der Waals surface area contributed by atoms with E-state index in [1.807, 2.05) is 54.6 Å². The van der Waals surface area contributed by atoms with Crippen LogP contribution in [0.25, 0.3) is 11.5 Å². The summed E-state index contributed by atoms with van der Waals surface area (Å²) in [6, 6.07) is 7.70. The molecule has 3 N–H and O–H groups in total. The average Bonchev–Trinajstić information content (AvgIpc) is 3.85. The molecule has 338 valence electrons. The Balaban J connectivity index is 1.04. The van der Waals surface area contributed by atoms with E-state index >= 15 is 0 Å². The Bertz CT molecular complexity index is 1820. The molecule has 0 saturated heterocycles. The van der Waals surface area contributed by atoms with Crippen LogP contribution in [0.2, 0.25) is 0 Å². The van der Waals surface area contributed by atoms with Crippen LogP contribution in [0, 0.1) is 5.41 Å². The lowest BCUT2D eigenvalue weighted by atomic mass is 9.88. The fourth-order valence-electron chi connectivity index (χ4n) is 5.94. The van der Waals surface area contributed by atoms with Crippen LogP contribution in [0.3, 0.4) is 0 Å². The number of nitrogens with zero attached hydrogens (tertiary/aromatic N) is 7. The van der Waals surface area contributed by atoms with Gasteiger partial charge in [0.1, 0.15) is 23.7 Å². The molecular weight excluding hydrogens is 785 g/mol. The third-order valence-corrected chi connectivity index (χ3v) is 10.3. The minimum Gasteiger partial charge on any atom is -0.379 e. The Kier molecular flexibility index (Phi) is 20.4. The fourth-order valence-corrected chi connectivity index (χ4v) is 5.94. The third kappa shape index (κ3) is 16.0. The zero-order chi connectivity index (χ0) is 44.2. The van der Waals surface area contributed by atoms with Gasteiger partial charge in [0.2, 0.25) is 11.8 Å². The first kappa shape index (κ1) is 49.1. The summed E-state index contributed by atoms with van der Waals surface area (Å²) in [5.41, 5.74) is 2.89. The molecule has 3 aromatic rings. The van der Waals surface area contributed by atoms with Crippen LogP contribution in [0.15, 0.2) is 30.6 Å². The number of anilines is 2. The molecule has 0 bridgehead atoms. The Morgan fingerprint density at radius 2 is 1.46 bits per heavy atom. The molecule has 4 rings (SSSR count). The molecule has 0 saturated carbocycles. The van der Waals surface area contributed by atoms with Gasteiger partial charge >= 0.3 is 0 Å². The number of pyridine rings is 2. The van der Waals surface area contributed by atoms with E-state index in [0.29, 0.717) is 127 Å². The molecular formula is C43H68N10O8. The second kappa shape index (κ2) is 25.4. The molecule has 0 fully saturated rings. The Labute approximate surface area is 360 Å². The number of rotatable bonds is 29. The van der Waals surface area contributed by atoms with Crippen LogP contribution < -0.4 is 25.8 Å². The van der Waals surface area contributed by atoms with Crippen LogP contribution in [0.5, 0.6) is 0 Å². The predicted molar refractivity (Wildman–Crippen MR) is 232 cm³/mol. The molecule has 1 aliphatic heterocycles. The normalized spacial score (nSPS) is 13.2. The number of carbonyl (C=O) groups is 3. The van der Waals surface area contributed by atoms with Crippen molar-refractivity contribution < 1.29 is 38.1 Å². The number of hydrogen-bond acceptors (Lipinski definition) is 14. The van der Waals surface area contributed by atoms with Gasteiger partial charge in [0, 0.05) is 63.7 Å². The molecule has 0 spiro atoms. The van der Waals surface area contributed by atoms with Gasteiger partial charge in [-0.1, -0.05) is 26.8 Å². The summed E-state index contributed by atoms with van der Waals surface area (Å²) in [7, 11) is 1.96. The standard InChI is InChI=1S/C43H68N10O8/c1-9-52-30-46-50-41(52)35-11-10-12-37(48-35)53-29-34-33(42(53)56)27-38(51(8)31(2)3)49-36(34)28-44-15-16-45-39(54)13-17-57-19-21-59-23-25-61-26-24-60-22-20-58-18-14-40(55)47-32(4)43(5,6)7/h10-12,27,30-32,44H,9,13-26,28-29H2,1-8H3,(H,45,54)(H,47,55)/t32-/m1/s1. The number of amides is 3. The maximum atomic E-state index is 13.9. The number of ether oxygens (including phenoxy) is 5. The molecule has 0 aromatic carbocycles. The van der Waals surface area contributed by atoms with Gasteiger partial charge in [-0.2, -0.15) is 0 Å². The number of fused-ring (bicyclic) bond motifs is 1. The molecule has 1 atom stereocenters. The fraction of sp³-hybridized carbons (Fsp3) is 0.651. The Morgan fingerprint density at radius 3 is 2.05 bits per heavy atom. The van der Waals surface area contributed by atoms with Crippen LogP contribution in [0.4, 0.5) is 11.6 Å². The highest BCUT2D eigenvalue weighted by molar-refractivity contribution is 6.10. The highest BCUT2D eigenvalue weighted by Gasteiger charge is 2.33. The van der Waals surface area contributed by atoms with Crippen molar-refractivity contribution in [1.29, 1.82) is 0 Å². The van der Waals surface area contributed by atoms with Crippen LogP contribution in [-0.2, 0) is 52.9 Å². The third-order valence-electron chi connectivity index (χ3n) is 10.3. The van der Waals surface area contributed by atoms with Crippen LogP contribution >= 0.6 is 0 Å². The number of hydrogen-bond donors (Lipinski definition) is 3. The zero-order valence-corrected chi connectivity index (χ0v) is 37.5. The molecule has 4 heterocycles. The van der Waals surface area contributed by atoms with Crippen molar-refractivity contribution in [3.63, 3.8) is 0 Å². The van der Waals surface area contributed by atoms with E-state index in [1.54, 1.807) is 11.2 Å². The first-order valence-corrected chi connectivity index (χ1v) is 21.4. The summed E-state index contributed by atoms with van der Waals surface area (Å²) >= 11 is 0. The maximum Gasteiger partial charge on any atom is 0.260 e. The minimum absolute atomic E-state index is 0.0114. The summed E-state index contributed by atoms with van der Waals surface area (Å²) in [4.78, 5) is 51.7. The quantitative estimate of drug-likeness (QED) is 0.0860. The largest absolute Gasteiger partial charge is 0.379 e. The van der Waals surface area contributed by atoms with Crippen LogP contribution in [-0.4, -0.2) is 141 Å². The molecule has 0 aliphatic carbocycles. The molecule has 0 radical (unpaired) electrons. The van der Waals surface area contributed by atoms with Gasteiger partial charge in [0.25, 0.3) is 5.91 Å². The van der Waals surface area contributed by atoms with E-state index in [9.17, 15) is 14.4 Å². The first-order chi connectivity index (χ1) is 29.3. The van der Waals surface area contributed by atoms with Gasteiger partial charge < -0.3 is 49.1 Å². The zero-order valence-electron chi connectivity index (χ0n) is 37.5. The molecule has 3 amide bonds. The van der Waals surface area contributed by atoms with Crippen LogP contribution in [0.1, 0.15) is 82.9 Å². The maximum absolute atomic E-state index is 13.9. The van der Waals surface area contributed by atoms with E-state index in [4.69, 9.17) is 33.7 Å². The Morgan fingerprint density at radius 1 is 0.852 bits per heavy atom. The lowest BCUT2D eigenvalue weighted by Crippen LogP contribution is -2.41. The summed E-state index contributed by atoms with van der Waals surface area (Å²) in [5, 5.41) is 17.6. The highest BCUT2D eigenvalue weighted by Crippen LogP contribution is 2.32. The smallest absolute Gasteiger partial charge is 0.260 e. The van der Waals surface area contributed by atoms with Gasteiger partial charge in [-0.3, -0.25) is 19.3 Å². The van der Waals surface area contributed by atoms with Gasteiger partial charge in [-0.25, -0.2) is 9.97 Å². The van der Waals surface area contributed by atoms with E-state index in [-0.39, 0.29) is 48.2 Å². The van der Waals surface area contributed by atoms with Gasteiger partial charge in [-0.15, -0.1) is 10.2 Å². The van der Waals surface area contributed by atoms with E-state index < -0.39 is 0 Å². The van der Waals surface area contributed by atoms with Crippen molar-refractivity contribution in [3.8, 4) is 11.5 Å². The van der Waals surface area contributed by atoms with Crippen molar-refractivity contribution in [2.24, 2.45) is 5.41 Å². The second-order valence-electron chi connectivity index (χ2n) is 16.1. The SMILES string of the molecule is CCn1cnnc1-c1cccc(N2Cc3c(cc(N(C)C(C)C)nc3CNCCNC(=O)CCOCCOCCOCCOCCOCCC(=O)N[C@H](C)C(C)(C)C)C2=O)n1. The topological polar surface area (TPSA) is 196 Å².